The van der Waals surface area contributed by atoms with Gasteiger partial charge in [0.15, 0.2) is 0 Å². The van der Waals surface area contributed by atoms with Crippen LogP contribution in [0.15, 0.2) is 48.5 Å². The molecule has 1 heterocycles. The molecule has 0 radical (unpaired) electrons. The highest BCUT2D eigenvalue weighted by Crippen LogP contribution is 2.26. The van der Waals surface area contributed by atoms with Crippen molar-refractivity contribution in [2.24, 2.45) is 5.92 Å². The van der Waals surface area contributed by atoms with Gasteiger partial charge in [0.1, 0.15) is 5.82 Å². The molecule has 2 amide bonds. The Labute approximate surface area is 166 Å². The average Bonchev–Trinajstić information content (AvgIpc) is 2.73. The van der Waals surface area contributed by atoms with Crippen molar-refractivity contribution < 1.29 is 14.0 Å². The van der Waals surface area contributed by atoms with Crippen molar-refractivity contribution in [3.63, 3.8) is 0 Å². The van der Waals surface area contributed by atoms with Gasteiger partial charge in [-0.3, -0.25) is 9.59 Å². The molecular weight excluding hydrogens is 355 g/mol. The van der Waals surface area contributed by atoms with Gasteiger partial charge in [-0.2, -0.15) is 0 Å². The third-order valence-electron chi connectivity index (χ3n) is 5.71. The first-order chi connectivity index (χ1) is 13.4. The lowest BCUT2D eigenvalue weighted by Gasteiger charge is -2.35. The number of carbonyl (C=O) groups is 2. The molecule has 1 unspecified atom stereocenters. The smallest absolute Gasteiger partial charge is 0.253 e. The number of hydrogen-bond acceptors (Lipinski definition) is 2. The Bertz CT molecular complexity index is 825. The third kappa shape index (κ3) is 4.41. The number of likely N-dealkylation sites (tertiary alicyclic amines) is 1. The van der Waals surface area contributed by atoms with E-state index in [0.29, 0.717) is 31.5 Å². The van der Waals surface area contributed by atoms with Gasteiger partial charge in [-0.15, -0.1) is 0 Å². The van der Waals surface area contributed by atoms with Crippen molar-refractivity contribution in [1.82, 2.24) is 9.80 Å². The van der Waals surface area contributed by atoms with Crippen molar-refractivity contribution in [1.29, 1.82) is 0 Å². The largest absolute Gasteiger partial charge is 0.339 e. The van der Waals surface area contributed by atoms with E-state index in [9.17, 15) is 14.0 Å². The van der Waals surface area contributed by atoms with Gasteiger partial charge in [0.05, 0.1) is 6.04 Å². The van der Waals surface area contributed by atoms with Crippen LogP contribution in [-0.4, -0.2) is 41.8 Å². The Morgan fingerprint density at radius 1 is 1.04 bits per heavy atom. The van der Waals surface area contributed by atoms with E-state index >= 15 is 0 Å². The second kappa shape index (κ2) is 8.55. The lowest BCUT2D eigenvalue weighted by molar-refractivity contribution is -0.137. The predicted octanol–water partition coefficient (Wildman–Crippen LogP) is 4.21. The van der Waals surface area contributed by atoms with Crippen molar-refractivity contribution in [3.05, 3.63) is 71.0 Å². The number of rotatable bonds is 4. The molecule has 0 aliphatic carbocycles. The first-order valence-electron chi connectivity index (χ1n) is 9.75. The monoisotopic (exact) mass is 382 g/mol. The summed E-state index contributed by atoms with van der Waals surface area (Å²) in [4.78, 5) is 29.1. The number of piperidine rings is 1. The van der Waals surface area contributed by atoms with Gasteiger partial charge in [0.2, 0.25) is 5.91 Å². The second-order valence-electron chi connectivity index (χ2n) is 7.61. The Balaban J connectivity index is 1.57. The Morgan fingerprint density at radius 2 is 1.61 bits per heavy atom. The summed E-state index contributed by atoms with van der Waals surface area (Å²) in [5.41, 5.74) is 2.80. The molecule has 1 saturated heterocycles. The van der Waals surface area contributed by atoms with E-state index in [1.807, 2.05) is 25.8 Å². The molecule has 1 atom stereocenters. The summed E-state index contributed by atoms with van der Waals surface area (Å²) in [6.45, 7) is 5.17. The molecule has 4 nitrogen and oxygen atoms in total. The van der Waals surface area contributed by atoms with E-state index in [0.717, 1.165) is 5.56 Å². The lowest BCUT2D eigenvalue weighted by Crippen LogP contribution is -2.44. The molecule has 1 aliphatic heterocycles. The normalized spacial score (nSPS) is 15.9. The number of aryl methyl sites for hydroxylation is 1. The summed E-state index contributed by atoms with van der Waals surface area (Å²) < 4.78 is 13.0. The summed E-state index contributed by atoms with van der Waals surface area (Å²) in [7, 11) is 1.85. The van der Waals surface area contributed by atoms with Gasteiger partial charge in [-0.1, -0.05) is 29.8 Å². The number of halogens is 1. The summed E-state index contributed by atoms with van der Waals surface area (Å²) >= 11 is 0. The van der Waals surface area contributed by atoms with E-state index in [-0.39, 0.29) is 29.6 Å². The van der Waals surface area contributed by atoms with E-state index in [2.05, 4.69) is 24.3 Å². The fourth-order valence-corrected chi connectivity index (χ4v) is 3.65. The Hall–Kier alpha value is -2.69. The quantitative estimate of drug-likeness (QED) is 0.795. The van der Waals surface area contributed by atoms with Crippen LogP contribution in [-0.2, 0) is 4.79 Å². The van der Waals surface area contributed by atoms with Crippen LogP contribution >= 0.6 is 0 Å². The van der Waals surface area contributed by atoms with Gasteiger partial charge in [-0.05, 0) is 56.5 Å². The highest BCUT2D eigenvalue weighted by molar-refractivity contribution is 5.94. The molecule has 5 heteroatoms. The van der Waals surface area contributed by atoms with E-state index in [4.69, 9.17) is 0 Å². The molecule has 1 aliphatic rings. The average molecular weight is 382 g/mol. The van der Waals surface area contributed by atoms with Gasteiger partial charge >= 0.3 is 0 Å². The van der Waals surface area contributed by atoms with Crippen LogP contribution in [0, 0.1) is 18.7 Å². The maximum Gasteiger partial charge on any atom is 0.253 e. The zero-order chi connectivity index (χ0) is 20.3. The van der Waals surface area contributed by atoms with E-state index < -0.39 is 0 Å². The SMILES string of the molecule is Cc1ccc(C(C)N(C)C(=O)C2CCN(C(=O)c3ccc(F)cc3)CC2)cc1. The van der Waals surface area contributed by atoms with Crippen molar-refractivity contribution in [3.8, 4) is 0 Å². The van der Waals surface area contributed by atoms with Crippen molar-refractivity contribution in [2.45, 2.75) is 32.7 Å². The van der Waals surface area contributed by atoms with Crippen LogP contribution in [0.2, 0.25) is 0 Å². The van der Waals surface area contributed by atoms with Gasteiger partial charge in [0.25, 0.3) is 5.91 Å². The summed E-state index contributed by atoms with van der Waals surface area (Å²) in [5, 5.41) is 0. The van der Waals surface area contributed by atoms with Crippen LogP contribution in [0.1, 0.15) is 47.3 Å². The fraction of sp³-hybridized carbons (Fsp3) is 0.391. The first kappa shape index (κ1) is 20.1. The number of benzene rings is 2. The van der Waals surface area contributed by atoms with Gasteiger partial charge in [0, 0.05) is 31.6 Å². The summed E-state index contributed by atoms with van der Waals surface area (Å²) in [6, 6.07) is 13.9. The predicted molar refractivity (Wildman–Crippen MR) is 107 cm³/mol. The molecule has 148 valence electrons. The van der Waals surface area contributed by atoms with Crippen LogP contribution in [0.3, 0.4) is 0 Å². The molecule has 2 aromatic carbocycles. The molecule has 3 rings (SSSR count). The Morgan fingerprint density at radius 3 is 2.18 bits per heavy atom. The first-order valence-corrected chi connectivity index (χ1v) is 9.75. The molecule has 0 spiro atoms. The number of nitrogens with zero attached hydrogens (tertiary/aromatic N) is 2. The molecule has 0 N–H and O–H groups in total. The van der Waals surface area contributed by atoms with Gasteiger partial charge < -0.3 is 9.80 Å². The number of carbonyl (C=O) groups excluding carboxylic acids is 2. The van der Waals surface area contributed by atoms with Crippen molar-refractivity contribution in [2.75, 3.05) is 20.1 Å². The Kier molecular flexibility index (Phi) is 6.12. The lowest BCUT2D eigenvalue weighted by atomic mass is 9.93. The van der Waals surface area contributed by atoms with Crippen LogP contribution in [0.25, 0.3) is 0 Å². The molecule has 0 bridgehead atoms. The molecule has 1 fully saturated rings. The summed E-state index contributed by atoms with van der Waals surface area (Å²) in [6.07, 6.45) is 1.30. The van der Waals surface area contributed by atoms with E-state index in [1.54, 1.807) is 4.90 Å². The van der Waals surface area contributed by atoms with E-state index in [1.165, 1.54) is 29.8 Å². The minimum Gasteiger partial charge on any atom is -0.339 e. The summed E-state index contributed by atoms with van der Waals surface area (Å²) in [5.74, 6) is -0.406. The van der Waals surface area contributed by atoms with Gasteiger partial charge in [-0.25, -0.2) is 4.39 Å². The third-order valence-corrected chi connectivity index (χ3v) is 5.71. The van der Waals surface area contributed by atoms with Crippen LogP contribution < -0.4 is 0 Å². The molecule has 2 aromatic rings. The molecule has 0 saturated carbocycles. The fourth-order valence-electron chi connectivity index (χ4n) is 3.65. The molecular formula is C23H27FN2O2. The zero-order valence-corrected chi connectivity index (χ0v) is 16.7. The number of amides is 2. The van der Waals surface area contributed by atoms with Crippen LogP contribution in [0.4, 0.5) is 4.39 Å². The standard InChI is InChI=1S/C23H27FN2O2/c1-16-4-6-18(7-5-16)17(2)25(3)22(27)20-12-14-26(15-13-20)23(28)19-8-10-21(24)11-9-19/h4-11,17,20H,12-15H2,1-3H3. The maximum atomic E-state index is 13.0. The minimum absolute atomic E-state index is 0.00646. The highest BCUT2D eigenvalue weighted by atomic mass is 19.1. The molecule has 0 aromatic heterocycles. The second-order valence-corrected chi connectivity index (χ2v) is 7.61. The topological polar surface area (TPSA) is 40.6 Å². The van der Waals surface area contributed by atoms with Crippen molar-refractivity contribution >= 4 is 11.8 Å². The van der Waals surface area contributed by atoms with Crippen LogP contribution in [0.5, 0.6) is 0 Å². The minimum atomic E-state index is -0.355. The number of hydrogen-bond donors (Lipinski definition) is 0. The zero-order valence-electron chi connectivity index (χ0n) is 16.7. The molecule has 28 heavy (non-hydrogen) atoms. The highest BCUT2D eigenvalue weighted by Gasteiger charge is 2.31. The maximum absolute atomic E-state index is 13.0.